The minimum absolute atomic E-state index is 0.113. The first-order valence-electron chi connectivity index (χ1n) is 9.66. The third-order valence-electron chi connectivity index (χ3n) is 4.43. The van der Waals surface area contributed by atoms with E-state index in [2.05, 4.69) is 16.0 Å². The van der Waals surface area contributed by atoms with Crippen LogP contribution >= 0.6 is 0 Å². The van der Waals surface area contributed by atoms with Gasteiger partial charge in [-0.2, -0.15) is 0 Å². The lowest BCUT2D eigenvalue weighted by molar-refractivity contribution is -0.123. The van der Waals surface area contributed by atoms with Crippen LogP contribution in [0.15, 0.2) is 48.5 Å². The number of amides is 3. The molecule has 1 unspecified atom stereocenters. The number of hydrogen-bond acceptors (Lipinski definition) is 2. The maximum absolute atomic E-state index is 13.2. The van der Waals surface area contributed by atoms with Gasteiger partial charge < -0.3 is 16.0 Å². The summed E-state index contributed by atoms with van der Waals surface area (Å²) in [5.41, 5.74) is 1.57. The van der Waals surface area contributed by atoms with Crippen LogP contribution in [-0.4, -0.2) is 31.1 Å². The quantitative estimate of drug-likeness (QED) is 0.602. The Morgan fingerprint density at radius 3 is 1.86 bits per heavy atom. The van der Waals surface area contributed by atoms with Crippen molar-refractivity contribution in [3.8, 4) is 0 Å². The first-order chi connectivity index (χ1) is 13.8. The molecule has 1 atom stereocenters. The number of nitrogens with one attached hydrogen (secondary N) is 3. The van der Waals surface area contributed by atoms with Crippen molar-refractivity contribution in [2.75, 3.05) is 13.1 Å². The predicted molar refractivity (Wildman–Crippen MR) is 108 cm³/mol. The minimum atomic E-state index is -0.698. The molecule has 0 fully saturated rings. The molecule has 156 valence electrons. The van der Waals surface area contributed by atoms with Crippen molar-refractivity contribution in [3.63, 3.8) is 0 Å². The van der Waals surface area contributed by atoms with Gasteiger partial charge in [0.15, 0.2) is 0 Å². The Morgan fingerprint density at radius 2 is 1.38 bits per heavy atom. The SMILES string of the molecule is CC(C)C(NC(=O)NCCc1cccc(F)c1)C(=O)NCCc1cccc(F)c1. The average Bonchev–Trinajstić information content (AvgIpc) is 2.66. The van der Waals surface area contributed by atoms with Gasteiger partial charge in [0, 0.05) is 13.1 Å². The third-order valence-corrected chi connectivity index (χ3v) is 4.43. The first-order valence-corrected chi connectivity index (χ1v) is 9.66. The van der Waals surface area contributed by atoms with E-state index in [1.165, 1.54) is 24.3 Å². The van der Waals surface area contributed by atoms with E-state index < -0.39 is 12.1 Å². The molecule has 3 amide bonds. The third kappa shape index (κ3) is 7.89. The van der Waals surface area contributed by atoms with E-state index in [9.17, 15) is 18.4 Å². The molecular formula is C22H27F2N3O2. The van der Waals surface area contributed by atoms with Gasteiger partial charge in [-0.3, -0.25) is 4.79 Å². The van der Waals surface area contributed by atoms with Gasteiger partial charge in [0.25, 0.3) is 0 Å². The standard InChI is InChI=1S/C22H27F2N3O2/c1-15(2)20(21(28)25-11-9-16-5-3-7-18(23)13-16)27-22(29)26-12-10-17-6-4-8-19(24)14-17/h3-8,13-15,20H,9-12H2,1-2H3,(H,25,28)(H2,26,27,29). The smallest absolute Gasteiger partial charge is 0.315 e. The summed E-state index contributed by atoms with van der Waals surface area (Å²) >= 11 is 0. The number of halogens is 2. The minimum Gasteiger partial charge on any atom is -0.354 e. The zero-order valence-corrected chi connectivity index (χ0v) is 16.7. The van der Waals surface area contributed by atoms with Crippen molar-refractivity contribution in [1.82, 2.24) is 16.0 Å². The highest BCUT2D eigenvalue weighted by Gasteiger charge is 2.23. The molecule has 29 heavy (non-hydrogen) atoms. The number of benzene rings is 2. The molecule has 0 saturated carbocycles. The largest absolute Gasteiger partial charge is 0.354 e. The first kappa shape index (κ1) is 22.3. The van der Waals surface area contributed by atoms with Crippen molar-refractivity contribution >= 4 is 11.9 Å². The number of carbonyl (C=O) groups excluding carboxylic acids is 2. The number of urea groups is 1. The fourth-order valence-electron chi connectivity index (χ4n) is 2.87. The molecule has 0 aliphatic rings. The Bertz CT molecular complexity index is 827. The summed E-state index contributed by atoms with van der Waals surface area (Å²) in [7, 11) is 0. The maximum Gasteiger partial charge on any atom is 0.315 e. The van der Waals surface area contributed by atoms with Gasteiger partial charge in [0.05, 0.1) is 0 Å². The van der Waals surface area contributed by atoms with Crippen LogP contribution in [0.3, 0.4) is 0 Å². The van der Waals surface area contributed by atoms with Crippen molar-refractivity contribution < 1.29 is 18.4 Å². The van der Waals surface area contributed by atoms with Crippen LogP contribution in [0.5, 0.6) is 0 Å². The van der Waals surface area contributed by atoms with Crippen LogP contribution in [0.1, 0.15) is 25.0 Å². The molecule has 2 aromatic rings. The highest BCUT2D eigenvalue weighted by Crippen LogP contribution is 2.06. The molecule has 0 aliphatic carbocycles. The lowest BCUT2D eigenvalue weighted by Gasteiger charge is -2.22. The maximum atomic E-state index is 13.2. The second-order valence-electron chi connectivity index (χ2n) is 7.17. The molecule has 0 aromatic heterocycles. The van der Waals surface area contributed by atoms with Gasteiger partial charge in [0.2, 0.25) is 5.91 Å². The highest BCUT2D eigenvalue weighted by atomic mass is 19.1. The van der Waals surface area contributed by atoms with Gasteiger partial charge in [-0.05, 0) is 54.2 Å². The molecule has 0 spiro atoms. The Morgan fingerprint density at radius 1 is 0.862 bits per heavy atom. The topological polar surface area (TPSA) is 70.2 Å². The van der Waals surface area contributed by atoms with E-state index in [4.69, 9.17) is 0 Å². The highest BCUT2D eigenvalue weighted by molar-refractivity contribution is 5.87. The molecular weight excluding hydrogens is 376 g/mol. The zero-order chi connectivity index (χ0) is 21.2. The van der Waals surface area contributed by atoms with E-state index in [1.54, 1.807) is 24.3 Å². The summed E-state index contributed by atoms with van der Waals surface area (Å²) < 4.78 is 26.4. The lowest BCUT2D eigenvalue weighted by Crippen LogP contribution is -2.53. The Labute approximate surface area is 169 Å². The van der Waals surface area contributed by atoms with Crippen LogP contribution in [0.2, 0.25) is 0 Å². The number of carbonyl (C=O) groups is 2. The van der Waals surface area contributed by atoms with Crippen molar-refractivity contribution in [3.05, 3.63) is 71.3 Å². The van der Waals surface area contributed by atoms with Gasteiger partial charge >= 0.3 is 6.03 Å². The second kappa shape index (κ2) is 11.1. The van der Waals surface area contributed by atoms with E-state index in [0.29, 0.717) is 25.9 Å². The zero-order valence-electron chi connectivity index (χ0n) is 16.7. The summed E-state index contributed by atoms with van der Waals surface area (Å²) in [6, 6.07) is 11.2. The van der Waals surface area contributed by atoms with E-state index in [-0.39, 0.29) is 23.5 Å². The van der Waals surface area contributed by atoms with Gasteiger partial charge in [0.1, 0.15) is 17.7 Å². The second-order valence-corrected chi connectivity index (χ2v) is 7.17. The van der Waals surface area contributed by atoms with Crippen LogP contribution in [-0.2, 0) is 17.6 Å². The summed E-state index contributed by atoms with van der Waals surface area (Å²) in [5.74, 6) is -1.04. The molecule has 0 radical (unpaired) electrons. The number of hydrogen-bond donors (Lipinski definition) is 3. The average molecular weight is 403 g/mol. The van der Waals surface area contributed by atoms with Gasteiger partial charge in [-0.25, -0.2) is 13.6 Å². The molecule has 7 heteroatoms. The molecule has 0 heterocycles. The van der Waals surface area contributed by atoms with Gasteiger partial charge in [-0.1, -0.05) is 38.1 Å². The summed E-state index contributed by atoms with van der Waals surface area (Å²) in [4.78, 5) is 24.6. The monoisotopic (exact) mass is 403 g/mol. The fourth-order valence-corrected chi connectivity index (χ4v) is 2.87. The normalized spacial score (nSPS) is 11.8. The Kier molecular flexibility index (Phi) is 8.58. The molecule has 0 aliphatic heterocycles. The van der Waals surface area contributed by atoms with Gasteiger partial charge in [-0.15, -0.1) is 0 Å². The summed E-state index contributed by atoms with van der Waals surface area (Å²) in [6.45, 7) is 4.34. The Hall–Kier alpha value is -2.96. The predicted octanol–water partition coefficient (Wildman–Crippen LogP) is 3.19. The molecule has 3 N–H and O–H groups in total. The van der Waals surface area contributed by atoms with Crippen LogP contribution < -0.4 is 16.0 Å². The van der Waals surface area contributed by atoms with Crippen LogP contribution in [0.25, 0.3) is 0 Å². The lowest BCUT2D eigenvalue weighted by atomic mass is 10.0. The molecule has 0 bridgehead atoms. The van der Waals surface area contributed by atoms with Crippen LogP contribution in [0.4, 0.5) is 13.6 Å². The molecule has 2 rings (SSSR count). The Balaban J connectivity index is 1.76. The summed E-state index contributed by atoms with van der Waals surface area (Å²) in [5, 5.41) is 8.14. The van der Waals surface area contributed by atoms with Crippen molar-refractivity contribution in [2.45, 2.75) is 32.7 Å². The molecule has 2 aromatic carbocycles. The van der Waals surface area contributed by atoms with E-state index in [0.717, 1.165) is 11.1 Å². The van der Waals surface area contributed by atoms with Crippen molar-refractivity contribution in [2.24, 2.45) is 5.92 Å². The molecule has 5 nitrogen and oxygen atoms in total. The summed E-state index contributed by atoms with van der Waals surface area (Å²) in [6.07, 6.45) is 0.978. The van der Waals surface area contributed by atoms with E-state index >= 15 is 0 Å². The fraction of sp³-hybridized carbons (Fsp3) is 0.364. The number of rotatable bonds is 9. The molecule has 0 saturated heterocycles. The van der Waals surface area contributed by atoms with Crippen LogP contribution in [0, 0.1) is 17.6 Å². The van der Waals surface area contributed by atoms with Crippen molar-refractivity contribution in [1.29, 1.82) is 0 Å². The van der Waals surface area contributed by atoms with E-state index in [1.807, 2.05) is 13.8 Å².